The normalized spacial score (nSPS) is 11.0. The van der Waals surface area contributed by atoms with Gasteiger partial charge in [0.15, 0.2) is 0 Å². The van der Waals surface area contributed by atoms with Gasteiger partial charge < -0.3 is 14.9 Å². The second-order valence-corrected chi connectivity index (χ2v) is 5.11. The SMILES string of the molecule is Cc1ccc(C(C)C)c(OCc2cc(CN)co2)c1. The predicted molar refractivity (Wildman–Crippen MR) is 76.2 cm³/mol. The Labute approximate surface area is 114 Å². The minimum absolute atomic E-state index is 0.434. The van der Waals surface area contributed by atoms with E-state index >= 15 is 0 Å². The Bertz CT molecular complexity index is 543. The maximum Gasteiger partial charge on any atom is 0.146 e. The van der Waals surface area contributed by atoms with Gasteiger partial charge in [0.2, 0.25) is 0 Å². The maximum atomic E-state index is 5.89. The third-order valence-corrected chi connectivity index (χ3v) is 3.10. The molecule has 0 amide bonds. The second-order valence-electron chi connectivity index (χ2n) is 5.11. The highest BCUT2D eigenvalue weighted by Crippen LogP contribution is 2.28. The van der Waals surface area contributed by atoms with Crippen molar-refractivity contribution in [2.45, 2.75) is 39.8 Å². The molecule has 2 N–H and O–H groups in total. The molecule has 3 heteroatoms. The van der Waals surface area contributed by atoms with E-state index in [-0.39, 0.29) is 0 Å². The summed E-state index contributed by atoms with van der Waals surface area (Å²) < 4.78 is 11.3. The first-order valence-corrected chi connectivity index (χ1v) is 6.60. The highest BCUT2D eigenvalue weighted by atomic mass is 16.5. The number of nitrogens with two attached hydrogens (primary N) is 1. The summed E-state index contributed by atoms with van der Waals surface area (Å²) in [6.45, 7) is 7.32. The highest BCUT2D eigenvalue weighted by molar-refractivity contribution is 5.39. The van der Waals surface area contributed by atoms with Crippen LogP contribution < -0.4 is 10.5 Å². The van der Waals surface area contributed by atoms with Crippen molar-refractivity contribution in [3.63, 3.8) is 0 Å². The lowest BCUT2D eigenvalue weighted by atomic mass is 10.0. The molecule has 0 saturated carbocycles. The van der Waals surface area contributed by atoms with Crippen LogP contribution >= 0.6 is 0 Å². The first-order valence-electron chi connectivity index (χ1n) is 6.60. The van der Waals surface area contributed by atoms with Crippen LogP contribution in [0.3, 0.4) is 0 Å². The fraction of sp³-hybridized carbons (Fsp3) is 0.375. The van der Waals surface area contributed by atoms with Crippen molar-refractivity contribution in [1.82, 2.24) is 0 Å². The second kappa shape index (κ2) is 5.93. The molecule has 102 valence electrons. The van der Waals surface area contributed by atoms with Gasteiger partial charge in [0.05, 0.1) is 6.26 Å². The van der Waals surface area contributed by atoms with Crippen molar-refractivity contribution in [2.75, 3.05) is 0 Å². The first kappa shape index (κ1) is 13.7. The lowest BCUT2D eigenvalue weighted by molar-refractivity contribution is 0.267. The quantitative estimate of drug-likeness (QED) is 0.889. The molecule has 19 heavy (non-hydrogen) atoms. The van der Waals surface area contributed by atoms with E-state index in [0.29, 0.717) is 19.1 Å². The van der Waals surface area contributed by atoms with Gasteiger partial charge in [0, 0.05) is 12.1 Å². The van der Waals surface area contributed by atoms with Gasteiger partial charge in [-0.25, -0.2) is 0 Å². The molecule has 2 aromatic rings. The average molecular weight is 259 g/mol. The van der Waals surface area contributed by atoms with Gasteiger partial charge in [0.1, 0.15) is 18.1 Å². The molecule has 0 aliphatic rings. The Balaban J connectivity index is 2.12. The molecule has 1 aromatic carbocycles. The fourth-order valence-electron chi connectivity index (χ4n) is 2.00. The standard InChI is InChI=1S/C16H21NO2/c1-11(2)15-5-4-12(3)6-16(15)19-10-14-7-13(8-17)9-18-14/h4-7,9,11H,8,10,17H2,1-3H3. The van der Waals surface area contributed by atoms with E-state index < -0.39 is 0 Å². The zero-order valence-corrected chi connectivity index (χ0v) is 11.8. The smallest absolute Gasteiger partial charge is 0.146 e. The van der Waals surface area contributed by atoms with E-state index in [2.05, 4.69) is 39.0 Å². The predicted octanol–water partition coefficient (Wildman–Crippen LogP) is 3.75. The number of rotatable bonds is 5. The molecule has 0 radical (unpaired) electrons. The van der Waals surface area contributed by atoms with Gasteiger partial charge in [-0.15, -0.1) is 0 Å². The molecule has 0 unspecified atom stereocenters. The average Bonchev–Trinajstić information content (AvgIpc) is 2.84. The van der Waals surface area contributed by atoms with E-state index in [4.69, 9.17) is 14.9 Å². The molecule has 0 fully saturated rings. The van der Waals surface area contributed by atoms with Crippen LogP contribution in [0.15, 0.2) is 34.9 Å². The summed E-state index contributed by atoms with van der Waals surface area (Å²) in [6, 6.07) is 8.25. The maximum absolute atomic E-state index is 5.89. The fourth-order valence-corrected chi connectivity index (χ4v) is 2.00. The Kier molecular flexibility index (Phi) is 4.27. The third kappa shape index (κ3) is 3.38. The Morgan fingerprint density at radius 3 is 2.68 bits per heavy atom. The van der Waals surface area contributed by atoms with Crippen LogP contribution in [-0.4, -0.2) is 0 Å². The zero-order chi connectivity index (χ0) is 13.8. The topological polar surface area (TPSA) is 48.4 Å². The monoisotopic (exact) mass is 259 g/mol. The summed E-state index contributed by atoms with van der Waals surface area (Å²) in [6.07, 6.45) is 1.68. The summed E-state index contributed by atoms with van der Waals surface area (Å²) in [5, 5.41) is 0. The van der Waals surface area contributed by atoms with E-state index in [1.165, 1.54) is 11.1 Å². The van der Waals surface area contributed by atoms with Crippen molar-refractivity contribution in [3.8, 4) is 5.75 Å². The van der Waals surface area contributed by atoms with Gasteiger partial charge >= 0.3 is 0 Å². The number of benzene rings is 1. The van der Waals surface area contributed by atoms with Gasteiger partial charge in [-0.2, -0.15) is 0 Å². The zero-order valence-electron chi connectivity index (χ0n) is 11.8. The number of aryl methyl sites for hydroxylation is 1. The van der Waals surface area contributed by atoms with Crippen LogP contribution in [0.25, 0.3) is 0 Å². The largest absolute Gasteiger partial charge is 0.485 e. The van der Waals surface area contributed by atoms with Crippen molar-refractivity contribution >= 4 is 0 Å². The number of hydrogen-bond donors (Lipinski definition) is 1. The van der Waals surface area contributed by atoms with E-state index in [9.17, 15) is 0 Å². The summed E-state index contributed by atoms with van der Waals surface area (Å²) in [5.41, 5.74) is 8.96. The molecule has 2 rings (SSSR count). The molecular weight excluding hydrogens is 238 g/mol. The van der Waals surface area contributed by atoms with Crippen LogP contribution in [0.4, 0.5) is 0 Å². The van der Waals surface area contributed by atoms with Gasteiger partial charge in [0.25, 0.3) is 0 Å². The minimum atomic E-state index is 0.434. The summed E-state index contributed by atoms with van der Waals surface area (Å²) in [4.78, 5) is 0. The Morgan fingerprint density at radius 2 is 2.05 bits per heavy atom. The van der Waals surface area contributed by atoms with E-state index in [1.807, 2.05) is 6.07 Å². The molecule has 0 bridgehead atoms. The molecule has 1 aromatic heterocycles. The first-order chi connectivity index (χ1) is 9.10. The van der Waals surface area contributed by atoms with Crippen molar-refractivity contribution in [3.05, 3.63) is 53.0 Å². The van der Waals surface area contributed by atoms with Crippen molar-refractivity contribution in [1.29, 1.82) is 0 Å². The van der Waals surface area contributed by atoms with Crippen LogP contribution in [0.1, 0.15) is 42.2 Å². The van der Waals surface area contributed by atoms with Crippen LogP contribution in [0.2, 0.25) is 0 Å². The molecule has 0 aliphatic heterocycles. The number of ether oxygens (including phenoxy) is 1. The van der Waals surface area contributed by atoms with Crippen molar-refractivity contribution < 1.29 is 9.15 Å². The lowest BCUT2D eigenvalue weighted by Gasteiger charge is -2.14. The molecule has 0 saturated heterocycles. The van der Waals surface area contributed by atoms with Gasteiger partial charge in [-0.05, 0) is 36.1 Å². The van der Waals surface area contributed by atoms with E-state index in [1.54, 1.807) is 6.26 Å². The minimum Gasteiger partial charge on any atom is -0.485 e. The Hall–Kier alpha value is -1.74. The van der Waals surface area contributed by atoms with Gasteiger partial charge in [-0.3, -0.25) is 0 Å². The number of furan rings is 1. The molecule has 1 heterocycles. The Morgan fingerprint density at radius 1 is 1.26 bits per heavy atom. The van der Waals surface area contributed by atoms with Crippen molar-refractivity contribution in [2.24, 2.45) is 5.73 Å². The van der Waals surface area contributed by atoms with Crippen LogP contribution in [0, 0.1) is 6.92 Å². The molecule has 3 nitrogen and oxygen atoms in total. The van der Waals surface area contributed by atoms with E-state index in [0.717, 1.165) is 17.1 Å². The summed E-state index contributed by atoms with van der Waals surface area (Å²) in [7, 11) is 0. The molecule has 0 atom stereocenters. The van der Waals surface area contributed by atoms with Crippen LogP contribution in [0.5, 0.6) is 5.75 Å². The third-order valence-electron chi connectivity index (χ3n) is 3.10. The molecule has 0 aliphatic carbocycles. The van der Waals surface area contributed by atoms with Gasteiger partial charge in [-0.1, -0.05) is 26.0 Å². The summed E-state index contributed by atoms with van der Waals surface area (Å²) in [5.74, 6) is 2.17. The highest BCUT2D eigenvalue weighted by Gasteiger charge is 2.09. The number of hydrogen-bond acceptors (Lipinski definition) is 3. The lowest BCUT2D eigenvalue weighted by Crippen LogP contribution is -2.00. The summed E-state index contributed by atoms with van der Waals surface area (Å²) >= 11 is 0. The molecular formula is C16H21NO2. The van der Waals surface area contributed by atoms with Crippen LogP contribution in [-0.2, 0) is 13.2 Å². The molecule has 0 spiro atoms.